The number of azo groups is 1. The summed E-state index contributed by atoms with van der Waals surface area (Å²) in [7, 11) is 2.23. The number of aliphatic hydroxyl groups excluding tert-OH is 1. The summed E-state index contributed by atoms with van der Waals surface area (Å²) in [5, 5.41) is 17.5. The predicted molar refractivity (Wildman–Crippen MR) is 79.3 cm³/mol. The fourth-order valence-electron chi connectivity index (χ4n) is 1.29. The Bertz CT molecular complexity index is 623. The van der Waals surface area contributed by atoms with Crippen molar-refractivity contribution in [1.29, 1.82) is 0 Å². The lowest BCUT2D eigenvalue weighted by atomic mass is 10.3. The third-order valence-electron chi connectivity index (χ3n) is 2.38. The molecule has 0 aliphatic heterocycles. The van der Waals surface area contributed by atoms with Gasteiger partial charge in [0, 0.05) is 0 Å². The molecule has 0 radical (unpaired) electrons. The monoisotopic (exact) mass is 346 g/mol. The van der Waals surface area contributed by atoms with Gasteiger partial charge in [-0.05, 0) is 12.1 Å². The third-order valence-corrected chi connectivity index (χ3v) is 2.99. The van der Waals surface area contributed by atoms with Crippen LogP contribution in [0.1, 0.15) is 6.42 Å². The second-order valence-corrected chi connectivity index (χ2v) is 4.62. The molecule has 9 heteroatoms. The molecule has 0 atom stereocenters. The molecule has 1 aromatic rings. The quantitative estimate of drug-likeness (QED) is 0.380. The molecule has 1 N–H and O–H groups in total. The summed E-state index contributed by atoms with van der Waals surface area (Å²) in [5.41, 5.74) is -0.443. The number of esters is 2. The molecule has 0 aliphatic carbocycles. The normalized spacial score (nSPS) is 12.0. The average molecular weight is 347 g/mol. The lowest BCUT2D eigenvalue weighted by Gasteiger charge is -2.04. The molecule has 7 nitrogen and oxygen atoms in total. The smallest absolute Gasteiger partial charge is 0.362 e. The van der Waals surface area contributed by atoms with Crippen LogP contribution in [0.5, 0.6) is 0 Å². The number of hydrogen-bond donors (Lipinski definition) is 1. The summed E-state index contributed by atoms with van der Waals surface area (Å²) in [4.78, 5) is 22.7. The van der Waals surface area contributed by atoms with Crippen LogP contribution in [0.15, 0.2) is 39.9 Å². The highest BCUT2D eigenvalue weighted by molar-refractivity contribution is 6.38. The van der Waals surface area contributed by atoms with E-state index in [0.717, 1.165) is 14.2 Å². The van der Waals surface area contributed by atoms with Crippen molar-refractivity contribution < 1.29 is 24.2 Å². The number of hydrogen-bond acceptors (Lipinski definition) is 7. The molecule has 0 saturated heterocycles. The van der Waals surface area contributed by atoms with Crippen LogP contribution in [-0.4, -0.2) is 31.3 Å². The first kappa shape index (κ1) is 17.9. The highest BCUT2D eigenvalue weighted by atomic mass is 35.5. The number of halogens is 2. The van der Waals surface area contributed by atoms with Crippen molar-refractivity contribution in [2.45, 2.75) is 6.42 Å². The topological polar surface area (TPSA) is 97.5 Å². The van der Waals surface area contributed by atoms with Crippen LogP contribution in [0.2, 0.25) is 10.0 Å². The minimum atomic E-state index is -0.978. The van der Waals surface area contributed by atoms with E-state index in [1.165, 1.54) is 12.1 Å². The molecule has 0 spiro atoms. The standard InChI is InChI=1S/C13H12Cl2N2O5/c1-21-10(19)6-9(18)12(13(20)22-2)17-16-11-7(14)4-3-5-8(11)15/h3-5,18H,6H2,1-2H3/b12-9+,17-16?. The second-order valence-electron chi connectivity index (χ2n) is 3.81. The van der Waals surface area contributed by atoms with Gasteiger partial charge in [-0.1, -0.05) is 29.3 Å². The maximum Gasteiger partial charge on any atom is 0.362 e. The van der Waals surface area contributed by atoms with Crippen molar-refractivity contribution >= 4 is 40.8 Å². The fraction of sp³-hybridized carbons (Fsp3) is 0.231. The Kier molecular flexibility index (Phi) is 6.81. The van der Waals surface area contributed by atoms with Crippen LogP contribution in [0.4, 0.5) is 5.69 Å². The first-order valence-electron chi connectivity index (χ1n) is 5.83. The third kappa shape index (κ3) is 4.71. The summed E-state index contributed by atoms with van der Waals surface area (Å²) < 4.78 is 8.85. The van der Waals surface area contributed by atoms with Gasteiger partial charge in [-0.25, -0.2) is 4.79 Å². The van der Waals surface area contributed by atoms with Gasteiger partial charge >= 0.3 is 11.9 Å². The Labute approximate surface area is 136 Å². The maximum atomic E-state index is 11.6. The van der Waals surface area contributed by atoms with E-state index in [1.807, 2.05) is 0 Å². The van der Waals surface area contributed by atoms with E-state index in [1.54, 1.807) is 6.07 Å². The number of carbonyl (C=O) groups excluding carboxylic acids is 2. The summed E-state index contributed by atoms with van der Waals surface area (Å²) >= 11 is 11.8. The van der Waals surface area contributed by atoms with Gasteiger partial charge in [0.2, 0.25) is 5.70 Å². The number of ether oxygens (including phenoxy) is 2. The fourth-order valence-corrected chi connectivity index (χ4v) is 1.76. The van der Waals surface area contributed by atoms with Gasteiger partial charge in [0.15, 0.2) is 0 Å². The van der Waals surface area contributed by atoms with Crippen molar-refractivity contribution in [2.75, 3.05) is 14.2 Å². The zero-order valence-corrected chi connectivity index (χ0v) is 13.2. The van der Waals surface area contributed by atoms with E-state index in [0.29, 0.717) is 0 Å². The van der Waals surface area contributed by atoms with Crippen molar-refractivity contribution in [1.82, 2.24) is 0 Å². The number of carbonyl (C=O) groups is 2. The Balaban J connectivity index is 3.19. The van der Waals surface area contributed by atoms with Crippen molar-refractivity contribution in [3.05, 3.63) is 39.7 Å². The van der Waals surface area contributed by atoms with Crippen molar-refractivity contribution in [3.8, 4) is 0 Å². The summed E-state index contributed by atoms with van der Waals surface area (Å²) in [5.74, 6) is -2.39. The first-order valence-corrected chi connectivity index (χ1v) is 6.59. The van der Waals surface area contributed by atoms with E-state index in [-0.39, 0.29) is 15.7 Å². The van der Waals surface area contributed by atoms with Gasteiger partial charge < -0.3 is 14.6 Å². The summed E-state index contributed by atoms with van der Waals surface area (Å²) in [6.07, 6.45) is -0.559. The molecule has 0 unspecified atom stereocenters. The molecule has 0 saturated carbocycles. The van der Waals surface area contributed by atoms with Crippen LogP contribution in [0.3, 0.4) is 0 Å². The molecule has 1 rings (SSSR count). The Morgan fingerprint density at radius 1 is 1.18 bits per heavy atom. The Morgan fingerprint density at radius 3 is 2.27 bits per heavy atom. The molecular formula is C13H12Cl2N2O5. The lowest BCUT2D eigenvalue weighted by molar-refractivity contribution is -0.140. The van der Waals surface area contributed by atoms with Crippen LogP contribution < -0.4 is 0 Å². The molecule has 22 heavy (non-hydrogen) atoms. The molecule has 1 aromatic carbocycles. The summed E-state index contributed by atoms with van der Waals surface area (Å²) in [6.45, 7) is 0. The van der Waals surface area contributed by atoms with E-state index >= 15 is 0 Å². The van der Waals surface area contributed by atoms with E-state index in [2.05, 4.69) is 19.7 Å². The van der Waals surface area contributed by atoms with Gasteiger partial charge in [0.25, 0.3) is 0 Å². The second kappa shape index (κ2) is 8.35. The Morgan fingerprint density at radius 2 is 1.77 bits per heavy atom. The van der Waals surface area contributed by atoms with Gasteiger partial charge in [0.05, 0.1) is 24.3 Å². The average Bonchev–Trinajstić information content (AvgIpc) is 2.49. The van der Waals surface area contributed by atoms with Crippen molar-refractivity contribution in [3.63, 3.8) is 0 Å². The molecule has 0 aliphatic rings. The molecule has 0 fully saturated rings. The van der Waals surface area contributed by atoms with Crippen molar-refractivity contribution in [2.24, 2.45) is 10.2 Å². The maximum absolute atomic E-state index is 11.6. The predicted octanol–water partition coefficient (Wildman–Crippen LogP) is 3.58. The number of rotatable bonds is 5. The molecule has 0 aromatic heterocycles. The number of aliphatic hydroxyl groups is 1. The molecule has 0 amide bonds. The van der Waals surface area contributed by atoms with Gasteiger partial charge in [-0.2, -0.15) is 0 Å². The molecular weight excluding hydrogens is 335 g/mol. The van der Waals surface area contributed by atoms with E-state index in [9.17, 15) is 14.7 Å². The Hall–Kier alpha value is -2.12. The highest BCUT2D eigenvalue weighted by Gasteiger charge is 2.19. The van der Waals surface area contributed by atoms with Gasteiger partial charge in [-0.3, -0.25) is 4.79 Å². The van der Waals surface area contributed by atoms with Gasteiger partial charge in [0.1, 0.15) is 17.9 Å². The number of benzene rings is 1. The summed E-state index contributed by atoms with van der Waals surface area (Å²) in [6, 6.07) is 4.66. The first-order chi connectivity index (χ1) is 10.4. The van der Waals surface area contributed by atoms with Gasteiger partial charge in [-0.15, -0.1) is 10.2 Å². The van der Waals surface area contributed by atoms with Crippen LogP contribution in [0.25, 0.3) is 0 Å². The lowest BCUT2D eigenvalue weighted by Crippen LogP contribution is -2.09. The van der Waals surface area contributed by atoms with E-state index < -0.39 is 29.8 Å². The molecule has 0 heterocycles. The SMILES string of the molecule is COC(=O)C/C(O)=C(\N=Nc1c(Cl)cccc1Cl)C(=O)OC. The zero-order chi connectivity index (χ0) is 16.7. The van der Waals surface area contributed by atoms with E-state index in [4.69, 9.17) is 23.2 Å². The molecule has 0 bridgehead atoms. The van der Waals surface area contributed by atoms with Crippen LogP contribution in [-0.2, 0) is 19.1 Å². The van der Waals surface area contributed by atoms with Crippen LogP contribution in [0, 0.1) is 0 Å². The minimum absolute atomic E-state index is 0.109. The van der Waals surface area contributed by atoms with Crippen LogP contribution >= 0.6 is 23.2 Å². The largest absolute Gasteiger partial charge is 0.509 e. The number of methoxy groups -OCH3 is 2. The molecule has 118 valence electrons. The highest BCUT2D eigenvalue weighted by Crippen LogP contribution is 2.33. The number of nitrogens with zero attached hydrogens (tertiary/aromatic N) is 2. The zero-order valence-electron chi connectivity index (χ0n) is 11.7. The minimum Gasteiger partial charge on any atom is -0.509 e.